The maximum absolute atomic E-state index is 10.7. The van der Waals surface area contributed by atoms with Gasteiger partial charge in [-0.1, -0.05) is 38.8 Å². The highest BCUT2D eigenvalue weighted by atomic mass is 16.1. The van der Waals surface area contributed by atoms with E-state index in [1.165, 1.54) is 37.7 Å². The van der Waals surface area contributed by atoms with E-state index in [0.717, 1.165) is 24.5 Å². The van der Waals surface area contributed by atoms with Crippen molar-refractivity contribution in [3.8, 4) is 0 Å². The van der Waals surface area contributed by atoms with Crippen molar-refractivity contribution in [1.29, 1.82) is 0 Å². The van der Waals surface area contributed by atoms with Gasteiger partial charge in [0.2, 0.25) is 0 Å². The SMILES string of the molecule is C=C1CCC2[C@@H](C)CCC[C@]2(C)[C@H]1CCC=O. The molecule has 17 heavy (non-hydrogen) atoms. The van der Waals surface area contributed by atoms with E-state index in [1.54, 1.807) is 0 Å². The first-order chi connectivity index (χ1) is 8.09. The van der Waals surface area contributed by atoms with E-state index in [9.17, 15) is 4.79 Å². The van der Waals surface area contributed by atoms with Crippen molar-refractivity contribution < 1.29 is 4.79 Å². The summed E-state index contributed by atoms with van der Waals surface area (Å²) >= 11 is 0. The van der Waals surface area contributed by atoms with Crippen LogP contribution >= 0.6 is 0 Å². The fourth-order valence-electron chi connectivity index (χ4n) is 4.64. The van der Waals surface area contributed by atoms with Crippen LogP contribution in [0.1, 0.15) is 58.8 Å². The van der Waals surface area contributed by atoms with Crippen molar-refractivity contribution in [2.75, 3.05) is 0 Å². The fourth-order valence-corrected chi connectivity index (χ4v) is 4.64. The van der Waals surface area contributed by atoms with Crippen molar-refractivity contribution >= 4 is 6.29 Å². The van der Waals surface area contributed by atoms with Gasteiger partial charge < -0.3 is 4.79 Å². The highest BCUT2D eigenvalue weighted by molar-refractivity contribution is 5.49. The second-order valence-electron chi connectivity index (χ2n) is 6.48. The molecule has 0 heterocycles. The highest BCUT2D eigenvalue weighted by Gasteiger charge is 2.48. The van der Waals surface area contributed by atoms with Crippen LogP contribution in [0.25, 0.3) is 0 Å². The summed E-state index contributed by atoms with van der Waals surface area (Å²) in [6.45, 7) is 9.18. The second-order valence-corrected chi connectivity index (χ2v) is 6.48. The third-order valence-electron chi connectivity index (χ3n) is 5.55. The smallest absolute Gasteiger partial charge is 0.120 e. The number of allylic oxidation sites excluding steroid dienone is 1. The van der Waals surface area contributed by atoms with E-state index < -0.39 is 0 Å². The third-order valence-corrected chi connectivity index (χ3v) is 5.55. The predicted octanol–water partition coefficient (Wildman–Crippen LogP) is 4.37. The molecule has 0 radical (unpaired) electrons. The zero-order valence-electron chi connectivity index (χ0n) is 11.4. The molecular weight excluding hydrogens is 208 g/mol. The molecule has 2 rings (SSSR count). The highest BCUT2D eigenvalue weighted by Crippen LogP contribution is 2.57. The molecule has 0 aliphatic heterocycles. The molecule has 0 bridgehead atoms. The molecule has 0 saturated heterocycles. The minimum atomic E-state index is 0.427. The maximum atomic E-state index is 10.7. The molecule has 2 aliphatic rings. The number of carbonyl (C=O) groups excluding carboxylic acids is 1. The van der Waals surface area contributed by atoms with E-state index in [1.807, 2.05) is 0 Å². The first-order valence-corrected chi connectivity index (χ1v) is 7.21. The molecule has 0 aromatic rings. The molecule has 1 heteroatoms. The maximum Gasteiger partial charge on any atom is 0.120 e. The lowest BCUT2D eigenvalue weighted by atomic mass is 9.51. The van der Waals surface area contributed by atoms with Crippen LogP contribution in [-0.2, 0) is 4.79 Å². The molecule has 1 unspecified atom stereocenters. The lowest BCUT2D eigenvalue weighted by molar-refractivity contribution is -0.108. The van der Waals surface area contributed by atoms with Gasteiger partial charge >= 0.3 is 0 Å². The molecule has 2 fully saturated rings. The summed E-state index contributed by atoms with van der Waals surface area (Å²) in [7, 11) is 0. The van der Waals surface area contributed by atoms with E-state index in [0.29, 0.717) is 17.8 Å². The van der Waals surface area contributed by atoms with Crippen LogP contribution in [0.4, 0.5) is 0 Å². The Morgan fingerprint density at radius 2 is 2.24 bits per heavy atom. The summed E-state index contributed by atoms with van der Waals surface area (Å²) in [5, 5.41) is 0. The van der Waals surface area contributed by atoms with E-state index >= 15 is 0 Å². The van der Waals surface area contributed by atoms with Crippen LogP contribution in [0.5, 0.6) is 0 Å². The minimum absolute atomic E-state index is 0.427. The monoisotopic (exact) mass is 234 g/mol. The summed E-state index contributed by atoms with van der Waals surface area (Å²) in [6.07, 6.45) is 9.42. The number of hydrogen-bond donors (Lipinski definition) is 0. The van der Waals surface area contributed by atoms with Crippen molar-refractivity contribution in [2.24, 2.45) is 23.2 Å². The molecule has 0 aromatic carbocycles. The number of hydrogen-bond acceptors (Lipinski definition) is 1. The van der Waals surface area contributed by atoms with Crippen LogP contribution in [-0.4, -0.2) is 6.29 Å². The van der Waals surface area contributed by atoms with Crippen LogP contribution in [0.15, 0.2) is 12.2 Å². The summed E-state index contributed by atoms with van der Waals surface area (Å²) in [5.74, 6) is 2.31. The fraction of sp³-hybridized carbons (Fsp3) is 0.812. The third kappa shape index (κ3) is 2.21. The van der Waals surface area contributed by atoms with Gasteiger partial charge in [-0.2, -0.15) is 0 Å². The molecule has 96 valence electrons. The molecule has 0 aromatic heterocycles. The van der Waals surface area contributed by atoms with Gasteiger partial charge in [-0.3, -0.25) is 0 Å². The average Bonchev–Trinajstić information content (AvgIpc) is 2.28. The van der Waals surface area contributed by atoms with E-state index in [-0.39, 0.29) is 0 Å². The quantitative estimate of drug-likeness (QED) is 0.523. The van der Waals surface area contributed by atoms with Gasteiger partial charge in [0, 0.05) is 6.42 Å². The summed E-state index contributed by atoms with van der Waals surface area (Å²) < 4.78 is 0. The van der Waals surface area contributed by atoms with Crippen LogP contribution in [0.2, 0.25) is 0 Å². The van der Waals surface area contributed by atoms with Crippen LogP contribution in [0.3, 0.4) is 0 Å². The average molecular weight is 234 g/mol. The van der Waals surface area contributed by atoms with E-state index in [2.05, 4.69) is 20.4 Å². The molecular formula is C16H26O. The Hall–Kier alpha value is -0.590. The van der Waals surface area contributed by atoms with Gasteiger partial charge in [0.25, 0.3) is 0 Å². The van der Waals surface area contributed by atoms with Gasteiger partial charge in [0.1, 0.15) is 6.29 Å². The van der Waals surface area contributed by atoms with Gasteiger partial charge in [0.05, 0.1) is 0 Å². The molecule has 2 aliphatic carbocycles. The van der Waals surface area contributed by atoms with Gasteiger partial charge in [-0.05, 0) is 48.9 Å². The standard InChI is InChI=1S/C16H26O/c1-12-6-4-10-16(3)14(7-5-11-17)13(2)8-9-15(12)16/h11-12,14-15H,2,4-10H2,1,3H3/t12-,14-,15?,16+/m0/s1. The molecule has 0 spiro atoms. The topological polar surface area (TPSA) is 17.1 Å². The van der Waals surface area contributed by atoms with E-state index in [4.69, 9.17) is 0 Å². The Balaban J connectivity index is 2.21. The Morgan fingerprint density at radius 1 is 1.47 bits per heavy atom. The van der Waals surface area contributed by atoms with Crippen molar-refractivity contribution in [3.63, 3.8) is 0 Å². The Labute approximate surface area is 106 Å². The molecule has 0 N–H and O–H groups in total. The zero-order chi connectivity index (χ0) is 12.5. The Bertz CT molecular complexity index is 307. The summed E-state index contributed by atoms with van der Waals surface area (Å²) in [5.41, 5.74) is 1.84. The van der Waals surface area contributed by atoms with Gasteiger partial charge in [-0.15, -0.1) is 0 Å². The number of rotatable bonds is 3. The summed E-state index contributed by atoms with van der Waals surface area (Å²) in [4.78, 5) is 10.7. The second kappa shape index (κ2) is 4.96. The molecule has 0 amide bonds. The number of aldehydes is 1. The lowest BCUT2D eigenvalue weighted by Gasteiger charge is -2.54. The summed E-state index contributed by atoms with van der Waals surface area (Å²) in [6, 6.07) is 0. The van der Waals surface area contributed by atoms with Crippen LogP contribution < -0.4 is 0 Å². The minimum Gasteiger partial charge on any atom is -0.303 e. The normalized spacial score (nSPS) is 42.0. The van der Waals surface area contributed by atoms with Gasteiger partial charge in [-0.25, -0.2) is 0 Å². The van der Waals surface area contributed by atoms with Crippen molar-refractivity contribution in [2.45, 2.75) is 58.8 Å². The Kier molecular flexibility index (Phi) is 3.75. The predicted molar refractivity (Wildman–Crippen MR) is 71.8 cm³/mol. The number of fused-ring (bicyclic) bond motifs is 1. The molecule has 2 saturated carbocycles. The zero-order valence-corrected chi connectivity index (χ0v) is 11.4. The first-order valence-electron chi connectivity index (χ1n) is 7.21. The lowest BCUT2D eigenvalue weighted by Crippen LogP contribution is -2.45. The molecule has 4 atom stereocenters. The first kappa shape index (κ1) is 12.9. The molecule has 1 nitrogen and oxygen atoms in total. The van der Waals surface area contributed by atoms with Crippen molar-refractivity contribution in [1.82, 2.24) is 0 Å². The van der Waals surface area contributed by atoms with Crippen molar-refractivity contribution in [3.05, 3.63) is 12.2 Å². The number of carbonyl (C=O) groups is 1. The Morgan fingerprint density at radius 3 is 2.94 bits per heavy atom. The van der Waals surface area contributed by atoms with Gasteiger partial charge in [0.15, 0.2) is 0 Å². The van der Waals surface area contributed by atoms with Crippen LogP contribution in [0, 0.1) is 23.2 Å². The largest absolute Gasteiger partial charge is 0.303 e.